The molecule has 1 heterocycles. The van der Waals surface area contributed by atoms with Crippen molar-refractivity contribution >= 4 is 0 Å². The molecule has 2 atom stereocenters. The predicted octanol–water partition coefficient (Wildman–Crippen LogP) is 1.79. The van der Waals surface area contributed by atoms with E-state index in [2.05, 4.69) is 0 Å². The first kappa shape index (κ1) is 9.62. The summed E-state index contributed by atoms with van der Waals surface area (Å²) in [7, 11) is 0. The third-order valence-electron chi connectivity index (χ3n) is 2.96. The van der Waals surface area contributed by atoms with Crippen LogP contribution in [0.2, 0.25) is 0 Å². The van der Waals surface area contributed by atoms with Crippen molar-refractivity contribution in [3.63, 3.8) is 0 Å². The van der Waals surface area contributed by atoms with Crippen molar-refractivity contribution in [3.05, 3.63) is 35.6 Å². The summed E-state index contributed by atoms with van der Waals surface area (Å²) in [4.78, 5) is 0. The zero-order valence-electron chi connectivity index (χ0n) is 8.16. The van der Waals surface area contributed by atoms with Gasteiger partial charge in [-0.15, -0.1) is 0 Å². The van der Waals surface area contributed by atoms with Gasteiger partial charge in [-0.25, -0.2) is 4.39 Å². The molecule has 14 heavy (non-hydrogen) atoms. The van der Waals surface area contributed by atoms with E-state index in [0.717, 1.165) is 12.0 Å². The third-order valence-corrected chi connectivity index (χ3v) is 2.96. The number of hydrogen-bond donors (Lipinski definition) is 1. The van der Waals surface area contributed by atoms with E-state index >= 15 is 0 Å². The van der Waals surface area contributed by atoms with E-state index in [0.29, 0.717) is 6.61 Å². The van der Waals surface area contributed by atoms with Gasteiger partial charge in [-0.2, -0.15) is 0 Å². The molecule has 76 valence electrons. The maximum Gasteiger partial charge on any atom is 0.123 e. The summed E-state index contributed by atoms with van der Waals surface area (Å²) in [5, 5.41) is 0. The van der Waals surface area contributed by atoms with Gasteiger partial charge in [0.05, 0.1) is 0 Å². The largest absolute Gasteiger partial charge is 0.369 e. The van der Waals surface area contributed by atoms with Gasteiger partial charge in [-0.05, 0) is 31.0 Å². The molecule has 0 spiro atoms. The Hall–Kier alpha value is -0.930. The van der Waals surface area contributed by atoms with Gasteiger partial charge in [0.25, 0.3) is 0 Å². The Kier molecular flexibility index (Phi) is 2.29. The molecule has 2 rings (SSSR count). The Bertz CT molecular complexity index is 325. The van der Waals surface area contributed by atoms with Crippen molar-refractivity contribution in [2.75, 3.05) is 6.61 Å². The van der Waals surface area contributed by atoms with E-state index < -0.39 is 5.60 Å². The molecule has 2 N–H and O–H groups in total. The highest BCUT2D eigenvalue weighted by molar-refractivity contribution is 5.25. The zero-order valence-corrected chi connectivity index (χ0v) is 8.16. The number of hydrogen-bond acceptors (Lipinski definition) is 2. The summed E-state index contributed by atoms with van der Waals surface area (Å²) < 4.78 is 18.4. The quantitative estimate of drug-likeness (QED) is 0.741. The van der Waals surface area contributed by atoms with Gasteiger partial charge in [-0.3, -0.25) is 0 Å². The van der Waals surface area contributed by atoms with Gasteiger partial charge in [0.15, 0.2) is 0 Å². The Morgan fingerprint density at radius 2 is 2.07 bits per heavy atom. The Morgan fingerprint density at radius 1 is 1.43 bits per heavy atom. The predicted molar refractivity (Wildman–Crippen MR) is 52.3 cm³/mol. The lowest BCUT2D eigenvalue weighted by atomic mass is 9.89. The summed E-state index contributed by atoms with van der Waals surface area (Å²) in [6, 6.07) is 6.35. The van der Waals surface area contributed by atoms with Gasteiger partial charge in [0.1, 0.15) is 11.4 Å². The molecular formula is C11H14FNO. The first-order valence-corrected chi connectivity index (χ1v) is 4.78. The molecule has 2 unspecified atom stereocenters. The number of benzene rings is 1. The standard InChI is InChI=1S/C11H14FNO/c1-11(10(13)6-7-14-11)8-2-4-9(12)5-3-8/h2-5,10H,6-7,13H2,1H3. The van der Waals surface area contributed by atoms with Gasteiger partial charge in [-0.1, -0.05) is 12.1 Å². The fraction of sp³-hybridized carbons (Fsp3) is 0.455. The minimum atomic E-state index is -0.451. The van der Waals surface area contributed by atoms with Crippen LogP contribution < -0.4 is 5.73 Å². The van der Waals surface area contributed by atoms with Crippen molar-refractivity contribution in [1.82, 2.24) is 0 Å². The van der Waals surface area contributed by atoms with Gasteiger partial charge in [0.2, 0.25) is 0 Å². The molecule has 3 heteroatoms. The molecule has 1 aromatic carbocycles. The lowest BCUT2D eigenvalue weighted by molar-refractivity contribution is 0.00800. The number of nitrogens with two attached hydrogens (primary N) is 1. The first-order chi connectivity index (χ1) is 6.63. The highest BCUT2D eigenvalue weighted by Gasteiger charge is 2.39. The number of ether oxygens (including phenoxy) is 1. The Morgan fingerprint density at radius 3 is 2.57 bits per heavy atom. The molecule has 0 bridgehead atoms. The SMILES string of the molecule is CC1(c2ccc(F)cc2)OCCC1N. The van der Waals surface area contributed by atoms with Crippen LogP contribution in [0.4, 0.5) is 4.39 Å². The normalized spacial score (nSPS) is 32.1. The van der Waals surface area contributed by atoms with Crippen molar-refractivity contribution in [2.45, 2.75) is 25.0 Å². The van der Waals surface area contributed by atoms with Crippen molar-refractivity contribution < 1.29 is 9.13 Å². The third kappa shape index (κ3) is 1.42. The van der Waals surface area contributed by atoms with E-state index in [4.69, 9.17) is 10.5 Å². The van der Waals surface area contributed by atoms with Crippen LogP contribution in [0, 0.1) is 5.82 Å². The summed E-state index contributed by atoms with van der Waals surface area (Å²) in [6.07, 6.45) is 0.855. The molecule has 2 nitrogen and oxygen atoms in total. The molecule has 1 aliphatic rings. The highest BCUT2D eigenvalue weighted by Crippen LogP contribution is 2.34. The molecule has 1 saturated heterocycles. The van der Waals surface area contributed by atoms with E-state index in [1.165, 1.54) is 12.1 Å². The summed E-state index contributed by atoms with van der Waals surface area (Å²) >= 11 is 0. The minimum Gasteiger partial charge on any atom is -0.369 e. The van der Waals surface area contributed by atoms with E-state index in [1.54, 1.807) is 12.1 Å². The van der Waals surface area contributed by atoms with Crippen molar-refractivity contribution in [2.24, 2.45) is 5.73 Å². The molecule has 0 radical (unpaired) electrons. The maximum atomic E-state index is 12.7. The smallest absolute Gasteiger partial charge is 0.123 e. The number of rotatable bonds is 1. The molecular weight excluding hydrogens is 181 g/mol. The minimum absolute atomic E-state index is 0.00652. The van der Waals surface area contributed by atoms with Crippen molar-refractivity contribution in [1.29, 1.82) is 0 Å². The molecule has 0 amide bonds. The lowest BCUT2D eigenvalue weighted by Gasteiger charge is -2.28. The van der Waals surface area contributed by atoms with Crippen LogP contribution in [0.3, 0.4) is 0 Å². The average Bonchev–Trinajstić information content (AvgIpc) is 2.49. The summed E-state index contributed by atoms with van der Waals surface area (Å²) in [5.41, 5.74) is 6.46. The zero-order chi connectivity index (χ0) is 10.2. The fourth-order valence-corrected chi connectivity index (χ4v) is 1.86. The first-order valence-electron chi connectivity index (χ1n) is 4.78. The average molecular weight is 195 g/mol. The van der Waals surface area contributed by atoms with Crippen LogP contribution in [-0.4, -0.2) is 12.6 Å². The van der Waals surface area contributed by atoms with Crippen LogP contribution in [0.5, 0.6) is 0 Å². The second-order valence-electron chi connectivity index (χ2n) is 3.86. The molecule has 0 aliphatic carbocycles. The fourth-order valence-electron chi connectivity index (χ4n) is 1.86. The van der Waals surface area contributed by atoms with Gasteiger partial charge in [0, 0.05) is 12.6 Å². The summed E-state index contributed by atoms with van der Waals surface area (Å²) in [5.74, 6) is -0.232. The van der Waals surface area contributed by atoms with Crippen LogP contribution in [0.1, 0.15) is 18.9 Å². The van der Waals surface area contributed by atoms with E-state index in [-0.39, 0.29) is 11.9 Å². The molecule has 1 fully saturated rings. The lowest BCUT2D eigenvalue weighted by Crippen LogP contribution is -2.39. The molecule has 0 aromatic heterocycles. The second-order valence-corrected chi connectivity index (χ2v) is 3.86. The van der Waals surface area contributed by atoms with Crippen LogP contribution in [-0.2, 0) is 10.3 Å². The van der Waals surface area contributed by atoms with Crippen LogP contribution >= 0.6 is 0 Å². The number of halogens is 1. The Balaban J connectivity index is 2.34. The van der Waals surface area contributed by atoms with Crippen LogP contribution in [0.15, 0.2) is 24.3 Å². The molecule has 1 aliphatic heterocycles. The van der Waals surface area contributed by atoms with Gasteiger partial charge >= 0.3 is 0 Å². The Labute approximate surface area is 82.9 Å². The van der Waals surface area contributed by atoms with Gasteiger partial charge < -0.3 is 10.5 Å². The summed E-state index contributed by atoms with van der Waals surface area (Å²) in [6.45, 7) is 2.63. The highest BCUT2D eigenvalue weighted by atomic mass is 19.1. The van der Waals surface area contributed by atoms with Crippen molar-refractivity contribution in [3.8, 4) is 0 Å². The van der Waals surface area contributed by atoms with E-state index in [1.807, 2.05) is 6.92 Å². The second kappa shape index (κ2) is 3.33. The van der Waals surface area contributed by atoms with E-state index in [9.17, 15) is 4.39 Å². The molecule has 0 saturated carbocycles. The van der Waals surface area contributed by atoms with Crippen LogP contribution in [0.25, 0.3) is 0 Å². The molecule has 1 aromatic rings. The maximum absolute atomic E-state index is 12.7. The topological polar surface area (TPSA) is 35.2 Å². The monoisotopic (exact) mass is 195 g/mol.